The second kappa shape index (κ2) is 8.52. The summed E-state index contributed by atoms with van der Waals surface area (Å²) in [6, 6.07) is 13.5. The first kappa shape index (κ1) is 19.9. The molecule has 29 heavy (non-hydrogen) atoms. The van der Waals surface area contributed by atoms with Crippen LogP contribution in [0.25, 0.3) is 0 Å². The fourth-order valence-electron chi connectivity index (χ4n) is 3.61. The first-order chi connectivity index (χ1) is 14.0. The Morgan fingerprint density at radius 3 is 2.59 bits per heavy atom. The summed E-state index contributed by atoms with van der Waals surface area (Å²) in [5.41, 5.74) is 1.36. The predicted molar refractivity (Wildman–Crippen MR) is 107 cm³/mol. The van der Waals surface area contributed by atoms with Crippen molar-refractivity contribution >= 4 is 15.9 Å². The van der Waals surface area contributed by atoms with Gasteiger partial charge in [0.2, 0.25) is 10.0 Å². The molecule has 2 aromatic carbocycles. The second-order valence-electron chi connectivity index (χ2n) is 7.21. The average Bonchev–Trinajstić information content (AvgIpc) is 3.26. The van der Waals surface area contributed by atoms with Gasteiger partial charge in [-0.1, -0.05) is 18.2 Å². The predicted octanol–water partition coefficient (Wildman–Crippen LogP) is 2.40. The molecule has 2 aliphatic heterocycles. The van der Waals surface area contributed by atoms with E-state index < -0.39 is 10.0 Å². The highest BCUT2D eigenvalue weighted by Crippen LogP contribution is 2.31. The van der Waals surface area contributed by atoms with Crippen LogP contribution in [0.1, 0.15) is 41.2 Å². The van der Waals surface area contributed by atoms with Gasteiger partial charge in [-0.25, -0.2) is 13.1 Å². The molecule has 0 aromatic heterocycles. The largest absolute Gasteiger partial charge is 0.493 e. The topological polar surface area (TPSA) is 93.7 Å². The summed E-state index contributed by atoms with van der Waals surface area (Å²) < 4.78 is 38.5. The van der Waals surface area contributed by atoms with Gasteiger partial charge in [0.25, 0.3) is 5.91 Å². The smallest absolute Gasteiger partial charge is 0.251 e. The first-order valence-electron chi connectivity index (χ1n) is 9.77. The standard InChI is InChI=1S/C21H24N2O5S/c24-21(23-19-11-13-28-20-6-2-1-5-18(19)20)15-7-9-17(10-8-15)29(25,26)22-14-16-4-3-12-27-16/h1-2,5-10,16,19,22H,3-4,11-14H2,(H,23,24)/t16-,19-/m0/s1. The molecule has 2 aliphatic rings. The second-order valence-corrected chi connectivity index (χ2v) is 8.98. The Kier molecular flexibility index (Phi) is 5.84. The van der Waals surface area contributed by atoms with Crippen LogP contribution in [0.5, 0.6) is 5.75 Å². The van der Waals surface area contributed by atoms with Crippen molar-refractivity contribution < 1.29 is 22.7 Å². The molecule has 0 aliphatic carbocycles. The van der Waals surface area contributed by atoms with Crippen molar-refractivity contribution in [3.8, 4) is 5.75 Å². The fourth-order valence-corrected chi connectivity index (χ4v) is 4.68. The average molecular weight is 416 g/mol. The molecule has 0 radical (unpaired) electrons. The number of hydrogen-bond acceptors (Lipinski definition) is 5. The number of fused-ring (bicyclic) bond motifs is 1. The highest BCUT2D eigenvalue weighted by atomic mass is 32.2. The van der Waals surface area contributed by atoms with Crippen LogP contribution < -0.4 is 14.8 Å². The van der Waals surface area contributed by atoms with Gasteiger partial charge in [-0.2, -0.15) is 0 Å². The third-order valence-electron chi connectivity index (χ3n) is 5.22. The maximum atomic E-state index is 12.6. The summed E-state index contributed by atoms with van der Waals surface area (Å²) in [6.07, 6.45) is 2.42. The zero-order valence-corrected chi connectivity index (χ0v) is 16.8. The van der Waals surface area contributed by atoms with Crippen molar-refractivity contribution in [2.24, 2.45) is 0 Å². The molecule has 2 atom stereocenters. The van der Waals surface area contributed by atoms with E-state index in [4.69, 9.17) is 9.47 Å². The van der Waals surface area contributed by atoms with E-state index in [2.05, 4.69) is 10.0 Å². The fraction of sp³-hybridized carbons (Fsp3) is 0.381. The minimum absolute atomic E-state index is 0.0721. The van der Waals surface area contributed by atoms with E-state index in [9.17, 15) is 13.2 Å². The highest BCUT2D eigenvalue weighted by Gasteiger charge is 2.24. The number of carbonyl (C=O) groups is 1. The van der Waals surface area contributed by atoms with Crippen molar-refractivity contribution in [2.75, 3.05) is 19.8 Å². The monoisotopic (exact) mass is 416 g/mol. The van der Waals surface area contributed by atoms with Crippen LogP contribution >= 0.6 is 0 Å². The highest BCUT2D eigenvalue weighted by molar-refractivity contribution is 7.89. The van der Waals surface area contributed by atoms with Crippen molar-refractivity contribution in [2.45, 2.75) is 36.3 Å². The number of benzene rings is 2. The van der Waals surface area contributed by atoms with E-state index in [0.717, 1.165) is 24.2 Å². The van der Waals surface area contributed by atoms with Crippen LogP contribution in [0.4, 0.5) is 0 Å². The van der Waals surface area contributed by atoms with Gasteiger partial charge in [-0.3, -0.25) is 4.79 Å². The summed E-state index contributed by atoms with van der Waals surface area (Å²) in [7, 11) is -3.64. The molecule has 0 saturated carbocycles. The van der Waals surface area contributed by atoms with Crippen LogP contribution in [0.3, 0.4) is 0 Å². The molecule has 1 amide bonds. The maximum Gasteiger partial charge on any atom is 0.251 e. The lowest BCUT2D eigenvalue weighted by atomic mass is 10.00. The summed E-state index contributed by atoms with van der Waals surface area (Å²) in [6.45, 7) is 1.47. The summed E-state index contributed by atoms with van der Waals surface area (Å²) in [5.74, 6) is 0.533. The normalized spacial score (nSPS) is 21.2. The van der Waals surface area contributed by atoms with E-state index in [1.165, 1.54) is 24.3 Å². The van der Waals surface area contributed by atoms with E-state index in [1.807, 2.05) is 24.3 Å². The van der Waals surface area contributed by atoms with Crippen LogP contribution in [-0.2, 0) is 14.8 Å². The Morgan fingerprint density at radius 1 is 1.03 bits per heavy atom. The lowest BCUT2D eigenvalue weighted by Crippen LogP contribution is -2.32. The number of hydrogen-bond donors (Lipinski definition) is 2. The molecule has 7 nitrogen and oxygen atoms in total. The summed E-state index contributed by atoms with van der Waals surface area (Å²) in [4.78, 5) is 12.8. The Morgan fingerprint density at radius 2 is 1.83 bits per heavy atom. The Labute approximate surface area is 170 Å². The summed E-state index contributed by atoms with van der Waals surface area (Å²) >= 11 is 0. The lowest BCUT2D eigenvalue weighted by Gasteiger charge is -2.26. The van der Waals surface area contributed by atoms with Gasteiger partial charge in [0.15, 0.2) is 0 Å². The number of nitrogens with one attached hydrogen (secondary N) is 2. The molecule has 154 valence electrons. The maximum absolute atomic E-state index is 12.6. The quantitative estimate of drug-likeness (QED) is 0.754. The third kappa shape index (κ3) is 4.60. The number of sulfonamides is 1. The molecule has 8 heteroatoms. The van der Waals surface area contributed by atoms with Gasteiger partial charge >= 0.3 is 0 Å². The molecule has 2 heterocycles. The molecule has 4 rings (SSSR count). The SMILES string of the molecule is O=C(N[C@H]1CCOc2ccccc21)c1ccc(S(=O)(=O)NC[C@@H]2CCCO2)cc1. The van der Waals surface area contributed by atoms with Crippen LogP contribution in [-0.4, -0.2) is 40.2 Å². The molecule has 2 aromatic rings. The Hall–Kier alpha value is -2.42. The molecule has 1 fully saturated rings. The lowest BCUT2D eigenvalue weighted by molar-refractivity contribution is 0.0924. The van der Waals surface area contributed by atoms with Crippen molar-refractivity contribution in [3.63, 3.8) is 0 Å². The van der Waals surface area contributed by atoms with Crippen LogP contribution in [0.2, 0.25) is 0 Å². The molecular formula is C21H24N2O5S. The molecule has 0 bridgehead atoms. The third-order valence-corrected chi connectivity index (χ3v) is 6.66. The summed E-state index contributed by atoms with van der Waals surface area (Å²) in [5, 5.41) is 3.01. The van der Waals surface area contributed by atoms with Crippen LogP contribution in [0.15, 0.2) is 53.4 Å². The molecule has 1 saturated heterocycles. The Bertz CT molecular complexity index is 969. The van der Waals surface area contributed by atoms with Crippen LogP contribution in [0, 0.1) is 0 Å². The van der Waals surface area contributed by atoms with E-state index >= 15 is 0 Å². The zero-order chi connectivity index (χ0) is 20.3. The first-order valence-corrected chi connectivity index (χ1v) is 11.3. The van der Waals surface area contributed by atoms with Gasteiger partial charge in [0.1, 0.15) is 5.75 Å². The van der Waals surface area contributed by atoms with Gasteiger partial charge in [-0.15, -0.1) is 0 Å². The number of ether oxygens (including phenoxy) is 2. The minimum atomic E-state index is -3.64. The van der Waals surface area contributed by atoms with Gasteiger partial charge < -0.3 is 14.8 Å². The molecule has 0 spiro atoms. The Balaban J connectivity index is 1.40. The van der Waals surface area contributed by atoms with E-state index in [-0.39, 0.29) is 29.5 Å². The molecule has 0 unspecified atom stereocenters. The molecular weight excluding hydrogens is 392 g/mol. The number of amides is 1. The van der Waals surface area contributed by atoms with Gasteiger partial charge in [0.05, 0.1) is 23.6 Å². The van der Waals surface area contributed by atoms with Gasteiger partial charge in [-0.05, 0) is 43.2 Å². The number of para-hydroxylation sites is 1. The number of rotatable bonds is 6. The van der Waals surface area contributed by atoms with E-state index in [1.54, 1.807) is 0 Å². The number of carbonyl (C=O) groups excluding carboxylic acids is 1. The van der Waals surface area contributed by atoms with E-state index in [0.29, 0.717) is 25.2 Å². The van der Waals surface area contributed by atoms with Gasteiger partial charge in [0, 0.05) is 30.7 Å². The minimum Gasteiger partial charge on any atom is -0.493 e. The zero-order valence-electron chi connectivity index (χ0n) is 16.0. The molecule has 2 N–H and O–H groups in total. The van der Waals surface area contributed by atoms with Crippen molar-refractivity contribution in [1.82, 2.24) is 10.0 Å². The van der Waals surface area contributed by atoms with Crippen molar-refractivity contribution in [3.05, 3.63) is 59.7 Å². The van der Waals surface area contributed by atoms with Crippen molar-refractivity contribution in [1.29, 1.82) is 0 Å².